The van der Waals surface area contributed by atoms with Gasteiger partial charge in [-0.1, -0.05) is 24.3 Å². The van der Waals surface area contributed by atoms with Crippen LogP contribution in [0.4, 0.5) is 0 Å². The standard InChI is InChI=1S/C15H17NO2/c1-18-15-5-4-13-10-12(2-3-14(13)11-15)6-7-16-8-9-17/h2-5,9-11,16H,6-8H2,1H3. The molecule has 2 aromatic rings. The highest BCUT2D eigenvalue weighted by atomic mass is 16.5. The van der Waals surface area contributed by atoms with Gasteiger partial charge in [-0.3, -0.25) is 0 Å². The van der Waals surface area contributed by atoms with Crippen molar-refractivity contribution in [3.05, 3.63) is 42.0 Å². The minimum absolute atomic E-state index is 0.421. The number of fused-ring (bicyclic) bond motifs is 1. The zero-order chi connectivity index (χ0) is 12.8. The third-order valence-electron chi connectivity index (χ3n) is 2.93. The number of methoxy groups -OCH3 is 1. The lowest BCUT2D eigenvalue weighted by molar-refractivity contribution is -0.107. The molecule has 18 heavy (non-hydrogen) atoms. The lowest BCUT2D eigenvalue weighted by atomic mass is 10.0. The van der Waals surface area contributed by atoms with Crippen molar-refractivity contribution < 1.29 is 9.53 Å². The van der Waals surface area contributed by atoms with E-state index in [4.69, 9.17) is 4.74 Å². The minimum atomic E-state index is 0.421. The van der Waals surface area contributed by atoms with E-state index in [-0.39, 0.29) is 0 Å². The third-order valence-corrected chi connectivity index (χ3v) is 2.93. The number of carbonyl (C=O) groups is 1. The van der Waals surface area contributed by atoms with Gasteiger partial charge in [0.2, 0.25) is 0 Å². The Labute approximate surface area is 107 Å². The summed E-state index contributed by atoms with van der Waals surface area (Å²) in [4.78, 5) is 10.2. The molecule has 0 aliphatic carbocycles. The number of hydrogen-bond acceptors (Lipinski definition) is 3. The lowest BCUT2D eigenvalue weighted by Gasteiger charge is -2.06. The van der Waals surface area contributed by atoms with E-state index in [0.29, 0.717) is 6.54 Å². The lowest BCUT2D eigenvalue weighted by Crippen LogP contribution is -2.19. The van der Waals surface area contributed by atoms with Crippen molar-refractivity contribution in [2.75, 3.05) is 20.2 Å². The zero-order valence-electron chi connectivity index (χ0n) is 10.5. The molecule has 3 heteroatoms. The summed E-state index contributed by atoms with van der Waals surface area (Å²) >= 11 is 0. The summed E-state index contributed by atoms with van der Waals surface area (Å²) in [6.45, 7) is 1.24. The Morgan fingerprint density at radius 3 is 2.72 bits per heavy atom. The summed E-state index contributed by atoms with van der Waals surface area (Å²) < 4.78 is 5.20. The predicted molar refractivity (Wildman–Crippen MR) is 73.1 cm³/mol. The highest BCUT2D eigenvalue weighted by Gasteiger charge is 1.99. The van der Waals surface area contributed by atoms with Crippen LogP contribution in [0.3, 0.4) is 0 Å². The molecule has 0 aliphatic rings. The molecule has 2 rings (SSSR count). The Morgan fingerprint density at radius 1 is 1.17 bits per heavy atom. The summed E-state index contributed by atoms with van der Waals surface area (Å²) in [5, 5.41) is 5.45. The fraction of sp³-hybridized carbons (Fsp3) is 0.267. The number of rotatable bonds is 6. The quantitative estimate of drug-likeness (QED) is 0.624. The summed E-state index contributed by atoms with van der Waals surface area (Å²) in [5.41, 5.74) is 1.27. The fourth-order valence-electron chi connectivity index (χ4n) is 1.95. The Kier molecular flexibility index (Phi) is 4.31. The number of hydrogen-bond donors (Lipinski definition) is 1. The molecule has 2 aromatic carbocycles. The first kappa shape index (κ1) is 12.6. The van der Waals surface area contributed by atoms with Gasteiger partial charge in [0.1, 0.15) is 12.0 Å². The van der Waals surface area contributed by atoms with Gasteiger partial charge in [0.05, 0.1) is 13.7 Å². The van der Waals surface area contributed by atoms with Crippen LogP contribution in [-0.2, 0) is 11.2 Å². The van der Waals surface area contributed by atoms with Crippen molar-refractivity contribution in [1.82, 2.24) is 5.32 Å². The van der Waals surface area contributed by atoms with Crippen molar-refractivity contribution in [3.8, 4) is 5.75 Å². The Balaban J connectivity index is 2.10. The van der Waals surface area contributed by atoms with Crippen LogP contribution >= 0.6 is 0 Å². The first-order valence-electron chi connectivity index (χ1n) is 6.04. The van der Waals surface area contributed by atoms with E-state index < -0.39 is 0 Å². The Morgan fingerprint density at radius 2 is 1.94 bits per heavy atom. The van der Waals surface area contributed by atoms with E-state index >= 15 is 0 Å². The molecule has 0 amide bonds. The molecule has 3 nitrogen and oxygen atoms in total. The molecule has 94 valence electrons. The van der Waals surface area contributed by atoms with Crippen LogP contribution in [0.2, 0.25) is 0 Å². The second kappa shape index (κ2) is 6.17. The van der Waals surface area contributed by atoms with Gasteiger partial charge in [-0.2, -0.15) is 0 Å². The Bertz CT molecular complexity index is 537. The average Bonchev–Trinajstić information content (AvgIpc) is 2.43. The van der Waals surface area contributed by atoms with E-state index in [2.05, 4.69) is 29.6 Å². The topological polar surface area (TPSA) is 38.3 Å². The summed E-state index contributed by atoms with van der Waals surface area (Å²) in [6, 6.07) is 12.5. The van der Waals surface area contributed by atoms with Gasteiger partial charge in [-0.15, -0.1) is 0 Å². The summed E-state index contributed by atoms with van der Waals surface area (Å²) in [6.07, 6.45) is 1.81. The van der Waals surface area contributed by atoms with Gasteiger partial charge in [-0.05, 0) is 41.4 Å². The molecule has 0 radical (unpaired) electrons. The summed E-state index contributed by atoms with van der Waals surface area (Å²) in [5.74, 6) is 0.878. The second-order valence-electron chi connectivity index (χ2n) is 4.17. The van der Waals surface area contributed by atoms with Crippen molar-refractivity contribution in [2.24, 2.45) is 0 Å². The normalized spacial score (nSPS) is 10.5. The van der Waals surface area contributed by atoms with Crippen molar-refractivity contribution in [1.29, 1.82) is 0 Å². The van der Waals surface area contributed by atoms with Crippen molar-refractivity contribution in [2.45, 2.75) is 6.42 Å². The average molecular weight is 243 g/mol. The molecule has 0 fully saturated rings. The number of benzene rings is 2. The van der Waals surface area contributed by atoms with E-state index in [1.54, 1.807) is 7.11 Å². The molecule has 0 atom stereocenters. The molecule has 0 heterocycles. The van der Waals surface area contributed by atoms with Gasteiger partial charge >= 0.3 is 0 Å². The number of aldehydes is 1. The second-order valence-corrected chi connectivity index (χ2v) is 4.17. The minimum Gasteiger partial charge on any atom is -0.497 e. The maximum Gasteiger partial charge on any atom is 0.133 e. The molecule has 0 saturated carbocycles. The third kappa shape index (κ3) is 3.08. The smallest absolute Gasteiger partial charge is 0.133 e. The monoisotopic (exact) mass is 243 g/mol. The van der Waals surface area contributed by atoms with Crippen molar-refractivity contribution >= 4 is 17.1 Å². The fourth-order valence-corrected chi connectivity index (χ4v) is 1.95. The van der Waals surface area contributed by atoms with Gasteiger partial charge < -0.3 is 14.8 Å². The van der Waals surface area contributed by atoms with Gasteiger partial charge in [0, 0.05) is 0 Å². The molecular weight excluding hydrogens is 226 g/mol. The van der Waals surface area contributed by atoms with Crippen LogP contribution in [0.25, 0.3) is 10.8 Å². The largest absolute Gasteiger partial charge is 0.497 e. The number of ether oxygens (including phenoxy) is 1. The van der Waals surface area contributed by atoms with E-state index in [1.807, 2.05) is 12.1 Å². The molecule has 0 spiro atoms. The van der Waals surface area contributed by atoms with Crippen LogP contribution in [0.1, 0.15) is 5.56 Å². The SMILES string of the molecule is COc1ccc2cc(CCNCC=O)ccc2c1. The van der Waals surface area contributed by atoms with E-state index in [9.17, 15) is 4.79 Å². The first-order chi connectivity index (χ1) is 8.83. The molecular formula is C15H17NO2. The molecule has 0 saturated heterocycles. The number of nitrogens with one attached hydrogen (secondary N) is 1. The summed E-state index contributed by atoms with van der Waals surface area (Å²) in [7, 11) is 1.67. The Hall–Kier alpha value is -1.87. The van der Waals surface area contributed by atoms with E-state index in [0.717, 1.165) is 25.0 Å². The highest BCUT2D eigenvalue weighted by molar-refractivity contribution is 5.84. The van der Waals surface area contributed by atoms with Gasteiger partial charge in [-0.25, -0.2) is 0 Å². The van der Waals surface area contributed by atoms with Crippen LogP contribution in [0, 0.1) is 0 Å². The highest BCUT2D eigenvalue weighted by Crippen LogP contribution is 2.21. The van der Waals surface area contributed by atoms with Crippen molar-refractivity contribution in [3.63, 3.8) is 0 Å². The molecule has 0 aliphatic heterocycles. The van der Waals surface area contributed by atoms with Crippen LogP contribution in [0.5, 0.6) is 5.75 Å². The molecule has 0 unspecified atom stereocenters. The molecule has 1 N–H and O–H groups in total. The molecule has 0 bridgehead atoms. The van der Waals surface area contributed by atoms with Gasteiger partial charge in [0.15, 0.2) is 0 Å². The van der Waals surface area contributed by atoms with Crippen LogP contribution in [-0.4, -0.2) is 26.5 Å². The predicted octanol–water partition coefficient (Wildman–Crippen LogP) is 2.18. The number of carbonyl (C=O) groups excluding carboxylic acids is 1. The van der Waals surface area contributed by atoms with Gasteiger partial charge in [0.25, 0.3) is 0 Å². The van der Waals surface area contributed by atoms with Crippen LogP contribution in [0.15, 0.2) is 36.4 Å². The maximum atomic E-state index is 10.2. The van der Waals surface area contributed by atoms with E-state index in [1.165, 1.54) is 16.3 Å². The maximum absolute atomic E-state index is 10.2. The van der Waals surface area contributed by atoms with Crippen LogP contribution < -0.4 is 10.1 Å². The molecule has 0 aromatic heterocycles. The zero-order valence-corrected chi connectivity index (χ0v) is 10.5. The first-order valence-corrected chi connectivity index (χ1v) is 6.04.